The average Bonchev–Trinajstić information content (AvgIpc) is 2.13. The van der Waals surface area contributed by atoms with Crippen molar-refractivity contribution in [1.29, 1.82) is 0 Å². The minimum Gasteiger partial charge on any atom is -0.397 e. The first-order valence-corrected chi connectivity index (χ1v) is 5.02. The van der Waals surface area contributed by atoms with E-state index in [0.29, 0.717) is 22.3 Å². The van der Waals surface area contributed by atoms with Crippen molar-refractivity contribution in [2.45, 2.75) is 6.42 Å². The molecule has 1 aromatic carbocycles. The van der Waals surface area contributed by atoms with Crippen molar-refractivity contribution in [3.8, 4) is 0 Å². The van der Waals surface area contributed by atoms with Gasteiger partial charge >= 0.3 is 0 Å². The first kappa shape index (κ1) is 11.4. The topological polar surface area (TPSA) is 52.0 Å². The van der Waals surface area contributed by atoms with Gasteiger partial charge in [0.2, 0.25) is 0 Å². The van der Waals surface area contributed by atoms with Crippen LogP contribution in [0.25, 0.3) is 6.08 Å². The summed E-state index contributed by atoms with van der Waals surface area (Å²) in [7, 11) is 0. The summed E-state index contributed by atoms with van der Waals surface area (Å²) >= 11 is 11.7. The van der Waals surface area contributed by atoms with Crippen LogP contribution >= 0.6 is 23.2 Å². The zero-order chi connectivity index (χ0) is 10.6. The van der Waals surface area contributed by atoms with E-state index in [1.807, 2.05) is 12.2 Å². The van der Waals surface area contributed by atoms with Crippen LogP contribution in [0.5, 0.6) is 0 Å². The number of nitrogens with two attached hydrogens (primary N) is 2. The fourth-order valence-corrected chi connectivity index (χ4v) is 1.56. The summed E-state index contributed by atoms with van der Waals surface area (Å²) in [5.41, 5.74) is 12.5. The van der Waals surface area contributed by atoms with Gasteiger partial charge in [-0.1, -0.05) is 35.4 Å². The number of hydrogen-bond acceptors (Lipinski definition) is 2. The van der Waals surface area contributed by atoms with Gasteiger partial charge < -0.3 is 11.5 Å². The Morgan fingerprint density at radius 1 is 1.29 bits per heavy atom. The first-order valence-electron chi connectivity index (χ1n) is 4.26. The number of benzene rings is 1. The summed E-state index contributed by atoms with van der Waals surface area (Å²) in [5, 5.41) is 1.06. The van der Waals surface area contributed by atoms with Crippen molar-refractivity contribution >= 4 is 35.0 Å². The lowest BCUT2D eigenvalue weighted by molar-refractivity contribution is 1.01. The first-order chi connectivity index (χ1) is 6.65. The van der Waals surface area contributed by atoms with Gasteiger partial charge in [0.1, 0.15) is 0 Å². The van der Waals surface area contributed by atoms with Crippen molar-refractivity contribution in [1.82, 2.24) is 0 Å². The van der Waals surface area contributed by atoms with Gasteiger partial charge in [0.15, 0.2) is 0 Å². The fraction of sp³-hybridized carbons (Fsp3) is 0.200. The van der Waals surface area contributed by atoms with Crippen LogP contribution in [0.2, 0.25) is 10.0 Å². The van der Waals surface area contributed by atoms with Gasteiger partial charge in [0, 0.05) is 10.6 Å². The maximum Gasteiger partial charge on any atom is 0.0656 e. The van der Waals surface area contributed by atoms with E-state index >= 15 is 0 Å². The fourth-order valence-electron chi connectivity index (χ4n) is 1.05. The van der Waals surface area contributed by atoms with Crippen LogP contribution in [-0.2, 0) is 0 Å². The molecule has 4 heteroatoms. The second kappa shape index (κ2) is 5.25. The molecule has 0 saturated heterocycles. The van der Waals surface area contributed by atoms with Gasteiger partial charge in [-0.15, -0.1) is 0 Å². The molecule has 0 amide bonds. The molecule has 0 spiro atoms. The molecule has 1 aromatic rings. The van der Waals surface area contributed by atoms with E-state index in [1.54, 1.807) is 12.1 Å². The number of hydrogen-bond donors (Lipinski definition) is 2. The highest BCUT2D eigenvalue weighted by molar-refractivity contribution is 6.36. The molecule has 4 N–H and O–H groups in total. The lowest BCUT2D eigenvalue weighted by Gasteiger charge is -2.03. The van der Waals surface area contributed by atoms with Crippen LogP contribution in [0.15, 0.2) is 18.2 Å². The minimum atomic E-state index is 0.477. The Labute approximate surface area is 93.5 Å². The van der Waals surface area contributed by atoms with E-state index in [0.717, 1.165) is 12.0 Å². The number of nitrogen functional groups attached to an aromatic ring is 1. The number of halogens is 2. The summed E-state index contributed by atoms with van der Waals surface area (Å²) in [6.45, 7) is 0.616. The monoisotopic (exact) mass is 230 g/mol. The maximum absolute atomic E-state index is 5.86. The quantitative estimate of drug-likeness (QED) is 0.785. The Bertz CT molecular complexity index is 348. The normalized spacial score (nSPS) is 11.1. The molecule has 76 valence electrons. The molecule has 14 heavy (non-hydrogen) atoms. The molecule has 0 aromatic heterocycles. The Kier molecular flexibility index (Phi) is 4.26. The van der Waals surface area contributed by atoms with Crippen LogP contribution in [0.3, 0.4) is 0 Å². The van der Waals surface area contributed by atoms with Crippen LogP contribution in [0.1, 0.15) is 12.0 Å². The Morgan fingerprint density at radius 2 is 2.00 bits per heavy atom. The van der Waals surface area contributed by atoms with Crippen molar-refractivity contribution in [2.75, 3.05) is 12.3 Å². The molecule has 0 fully saturated rings. The van der Waals surface area contributed by atoms with E-state index in [9.17, 15) is 0 Å². The summed E-state index contributed by atoms with van der Waals surface area (Å²) in [4.78, 5) is 0. The van der Waals surface area contributed by atoms with Gasteiger partial charge in [0.05, 0.1) is 10.7 Å². The summed E-state index contributed by atoms with van der Waals surface area (Å²) in [6, 6.07) is 3.40. The number of rotatable bonds is 3. The molecule has 0 atom stereocenters. The van der Waals surface area contributed by atoms with E-state index in [1.165, 1.54) is 0 Å². The summed E-state index contributed by atoms with van der Waals surface area (Å²) in [5.74, 6) is 0. The smallest absolute Gasteiger partial charge is 0.0656 e. The lowest BCUT2D eigenvalue weighted by Crippen LogP contribution is -1.95. The third-order valence-corrected chi connectivity index (χ3v) is 2.29. The summed E-state index contributed by atoms with van der Waals surface area (Å²) < 4.78 is 0. The molecule has 0 unspecified atom stereocenters. The molecule has 0 bridgehead atoms. The molecule has 0 aliphatic heterocycles. The van der Waals surface area contributed by atoms with Gasteiger partial charge in [-0.25, -0.2) is 0 Å². The van der Waals surface area contributed by atoms with Gasteiger partial charge in [-0.2, -0.15) is 0 Å². The highest BCUT2D eigenvalue weighted by atomic mass is 35.5. The third-order valence-electron chi connectivity index (χ3n) is 1.76. The van der Waals surface area contributed by atoms with E-state index < -0.39 is 0 Å². The molecule has 0 radical (unpaired) electrons. The molecule has 1 rings (SSSR count). The van der Waals surface area contributed by atoms with Crippen LogP contribution in [-0.4, -0.2) is 6.54 Å². The van der Waals surface area contributed by atoms with Gasteiger partial charge in [-0.05, 0) is 25.1 Å². The molecule has 0 aliphatic carbocycles. The number of anilines is 1. The second-order valence-corrected chi connectivity index (χ2v) is 3.71. The lowest BCUT2D eigenvalue weighted by atomic mass is 10.1. The van der Waals surface area contributed by atoms with Crippen molar-refractivity contribution in [3.05, 3.63) is 33.8 Å². The highest BCUT2D eigenvalue weighted by Crippen LogP contribution is 2.28. The van der Waals surface area contributed by atoms with E-state index in [2.05, 4.69) is 0 Å². The average molecular weight is 231 g/mol. The predicted octanol–water partition coefficient (Wildman–Crippen LogP) is 2.94. The van der Waals surface area contributed by atoms with E-state index in [4.69, 9.17) is 34.7 Å². The largest absolute Gasteiger partial charge is 0.397 e. The third kappa shape index (κ3) is 2.91. The zero-order valence-electron chi connectivity index (χ0n) is 7.63. The molecule has 0 aliphatic rings. The van der Waals surface area contributed by atoms with E-state index in [-0.39, 0.29) is 0 Å². The maximum atomic E-state index is 5.86. The molecular weight excluding hydrogens is 219 g/mol. The van der Waals surface area contributed by atoms with Gasteiger partial charge in [-0.3, -0.25) is 0 Å². The summed E-state index contributed by atoms with van der Waals surface area (Å²) in [6.07, 6.45) is 4.63. The second-order valence-electron chi connectivity index (χ2n) is 2.87. The van der Waals surface area contributed by atoms with Crippen molar-refractivity contribution < 1.29 is 0 Å². The van der Waals surface area contributed by atoms with Crippen molar-refractivity contribution in [3.63, 3.8) is 0 Å². The van der Waals surface area contributed by atoms with Crippen LogP contribution in [0.4, 0.5) is 5.69 Å². The standard InChI is InChI=1S/C10H12Cl2N2/c11-8-5-7(3-1-2-4-13)10(14)9(12)6-8/h1,3,5-6H,2,4,13-14H2. The molecular formula is C10H12Cl2N2. The Morgan fingerprint density at radius 3 is 2.64 bits per heavy atom. The zero-order valence-corrected chi connectivity index (χ0v) is 9.15. The molecule has 0 saturated carbocycles. The highest BCUT2D eigenvalue weighted by Gasteiger charge is 2.02. The van der Waals surface area contributed by atoms with Crippen molar-refractivity contribution in [2.24, 2.45) is 5.73 Å². The van der Waals surface area contributed by atoms with Crippen LogP contribution < -0.4 is 11.5 Å². The SMILES string of the molecule is NCCC=Cc1cc(Cl)cc(Cl)c1N. The molecule has 2 nitrogen and oxygen atoms in total. The Hall–Kier alpha value is -0.700. The predicted molar refractivity (Wildman–Crippen MR) is 63.6 cm³/mol. The molecule has 0 heterocycles. The van der Waals surface area contributed by atoms with Gasteiger partial charge in [0.25, 0.3) is 0 Å². The van der Waals surface area contributed by atoms with Crippen LogP contribution in [0, 0.1) is 0 Å². The minimum absolute atomic E-state index is 0.477. The Balaban J connectivity index is 2.96.